The average molecular weight is 285 g/mol. The molecule has 0 radical (unpaired) electrons. The Hall–Kier alpha value is -2.16. The Labute approximate surface area is 126 Å². The van der Waals surface area contributed by atoms with Crippen LogP contribution in [0.25, 0.3) is 0 Å². The maximum atomic E-state index is 5.84. The first-order valence-electron chi connectivity index (χ1n) is 7.28. The van der Waals surface area contributed by atoms with Gasteiger partial charge in [-0.15, -0.1) is 0 Å². The number of methoxy groups -OCH3 is 1. The largest absolute Gasteiger partial charge is 0.497 e. The quantitative estimate of drug-likeness (QED) is 0.801. The number of rotatable bonds is 6. The van der Waals surface area contributed by atoms with E-state index in [-0.39, 0.29) is 0 Å². The highest BCUT2D eigenvalue weighted by molar-refractivity contribution is 5.47. The number of hydrogen-bond acceptors (Lipinski definition) is 3. The van der Waals surface area contributed by atoms with Crippen molar-refractivity contribution >= 4 is 5.69 Å². The van der Waals surface area contributed by atoms with Gasteiger partial charge in [0.15, 0.2) is 0 Å². The van der Waals surface area contributed by atoms with Gasteiger partial charge >= 0.3 is 0 Å². The van der Waals surface area contributed by atoms with Gasteiger partial charge in [0, 0.05) is 11.8 Å². The van der Waals surface area contributed by atoms with Crippen molar-refractivity contribution in [1.82, 2.24) is 0 Å². The SMILES string of the molecule is CCC(C)c1ccc(OCc2cc(N)cc(OC)c2)cc1. The summed E-state index contributed by atoms with van der Waals surface area (Å²) >= 11 is 0. The van der Waals surface area contributed by atoms with Gasteiger partial charge in [-0.3, -0.25) is 0 Å². The van der Waals surface area contributed by atoms with Crippen LogP contribution in [0.5, 0.6) is 11.5 Å². The Bertz CT molecular complexity index is 578. The number of anilines is 1. The van der Waals surface area contributed by atoms with Gasteiger partial charge in [0.25, 0.3) is 0 Å². The minimum Gasteiger partial charge on any atom is -0.497 e. The number of benzene rings is 2. The number of ether oxygens (including phenoxy) is 2. The molecule has 3 heteroatoms. The lowest BCUT2D eigenvalue weighted by Crippen LogP contribution is -1.98. The zero-order valence-corrected chi connectivity index (χ0v) is 12.9. The van der Waals surface area contributed by atoms with Crippen LogP contribution in [0.3, 0.4) is 0 Å². The fourth-order valence-electron chi connectivity index (χ4n) is 2.18. The molecule has 2 aromatic rings. The molecule has 0 aliphatic heterocycles. The van der Waals surface area contributed by atoms with E-state index in [1.54, 1.807) is 13.2 Å². The van der Waals surface area contributed by atoms with E-state index in [0.717, 1.165) is 23.5 Å². The van der Waals surface area contributed by atoms with Crippen molar-refractivity contribution in [2.45, 2.75) is 32.8 Å². The van der Waals surface area contributed by atoms with E-state index < -0.39 is 0 Å². The van der Waals surface area contributed by atoms with Crippen molar-refractivity contribution in [3.63, 3.8) is 0 Å². The summed E-state index contributed by atoms with van der Waals surface area (Å²) in [6, 6.07) is 13.9. The molecule has 0 fully saturated rings. The summed E-state index contributed by atoms with van der Waals surface area (Å²) in [5.41, 5.74) is 8.86. The molecule has 1 atom stereocenters. The normalized spacial score (nSPS) is 12.0. The van der Waals surface area contributed by atoms with Crippen LogP contribution in [0.2, 0.25) is 0 Å². The number of hydrogen-bond donors (Lipinski definition) is 1. The summed E-state index contributed by atoms with van der Waals surface area (Å²) < 4.78 is 11.0. The fraction of sp³-hybridized carbons (Fsp3) is 0.333. The van der Waals surface area contributed by atoms with Crippen molar-refractivity contribution in [3.8, 4) is 11.5 Å². The van der Waals surface area contributed by atoms with Gasteiger partial charge in [0.05, 0.1) is 7.11 Å². The van der Waals surface area contributed by atoms with E-state index in [4.69, 9.17) is 15.2 Å². The molecule has 0 aliphatic carbocycles. The van der Waals surface area contributed by atoms with E-state index in [1.807, 2.05) is 24.3 Å². The molecule has 0 aliphatic rings. The van der Waals surface area contributed by atoms with Crippen molar-refractivity contribution in [2.24, 2.45) is 0 Å². The predicted molar refractivity (Wildman–Crippen MR) is 86.9 cm³/mol. The lowest BCUT2D eigenvalue weighted by atomic mass is 9.99. The van der Waals surface area contributed by atoms with Crippen LogP contribution in [-0.4, -0.2) is 7.11 Å². The van der Waals surface area contributed by atoms with Crippen molar-refractivity contribution in [3.05, 3.63) is 53.6 Å². The van der Waals surface area contributed by atoms with Crippen LogP contribution in [0, 0.1) is 0 Å². The molecule has 2 rings (SSSR count). The number of nitrogens with two attached hydrogens (primary N) is 1. The van der Waals surface area contributed by atoms with E-state index in [2.05, 4.69) is 26.0 Å². The van der Waals surface area contributed by atoms with Crippen molar-refractivity contribution in [2.75, 3.05) is 12.8 Å². The molecular weight excluding hydrogens is 262 g/mol. The van der Waals surface area contributed by atoms with Crippen LogP contribution in [0.4, 0.5) is 5.69 Å². The average Bonchev–Trinajstić information content (AvgIpc) is 2.52. The molecule has 0 amide bonds. The lowest BCUT2D eigenvalue weighted by Gasteiger charge is -2.11. The fourth-order valence-corrected chi connectivity index (χ4v) is 2.18. The molecule has 0 saturated carbocycles. The highest BCUT2D eigenvalue weighted by Crippen LogP contribution is 2.23. The van der Waals surface area contributed by atoms with Crippen LogP contribution in [0.1, 0.15) is 37.3 Å². The maximum Gasteiger partial charge on any atom is 0.121 e. The predicted octanol–water partition coefficient (Wildman–Crippen LogP) is 4.37. The molecule has 21 heavy (non-hydrogen) atoms. The molecule has 0 bridgehead atoms. The van der Waals surface area contributed by atoms with Gasteiger partial charge in [-0.2, -0.15) is 0 Å². The third-order valence-corrected chi connectivity index (χ3v) is 3.69. The van der Waals surface area contributed by atoms with E-state index in [1.165, 1.54) is 5.56 Å². The Morgan fingerprint density at radius 2 is 1.76 bits per heavy atom. The van der Waals surface area contributed by atoms with Gasteiger partial charge in [-0.1, -0.05) is 26.0 Å². The van der Waals surface area contributed by atoms with Gasteiger partial charge < -0.3 is 15.2 Å². The van der Waals surface area contributed by atoms with Gasteiger partial charge in [-0.05, 0) is 47.7 Å². The van der Waals surface area contributed by atoms with Gasteiger partial charge in [0.2, 0.25) is 0 Å². The molecule has 0 aromatic heterocycles. The minimum atomic E-state index is 0.476. The monoisotopic (exact) mass is 285 g/mol. The van der Waals surface area contributed by atoms with Crippen LogP contribution in [0.15, 0.2) is 42.5 Å². The molecule has 2 N–H and O–H groups in total. The first-order valence-corrected chi connectivity index (χ1v) is 7.28. The summed E-state index contributed by atoms with van der Waals surface area (Å²) in [4.78, 5) is 0. The Balaban J connectivity index is 2.01. The van der Waals surface area contributed by atoms with E-state index >= 15 is 0 Å². The second-order valence-electron chi connectivity index (χ2n) is 5.28. The molecule has 3 nitrogen and oxygen atoms in total. The van der Waals surface area contributed by atoms with Crippen LogP contribution in [-0.2, 0) is 6.61 Å². The zero-order chi connectivity index (χ0) is 15.2. The maximum absolute atomic E-state index is 5.84. The second kappa shape index (κ2) is 7.02. The van der Waals surface area contributed by atoms with E-state index in [0.29, 0.717) is 18.2 Å². The standard InChI is InChI=1S/C18H23NO2/c1-4-13(2)15-5-7-17(8-6-15)21-12-14-9-16(19)11-18(10-14)20-3/h5-11,13H,4,12,19H2,1-3H3. The molecule has 1 unspecified atom stereocenters. The summed E-state index contributed by atoms with van der Waals surface area (Å²) in [5.74, 6) is 2.20. The third-order valence-electron chi connectivity index (χ3n) is 3.69. The minimum absolute atomic E-state index is 0.476. The van der Waals surface area contributed by atoms with Crippen molar-refractivity contribution < 1.29 is 9.47 Å². The van der Waals surface area contributed by atoms with Crippen molar-refractivity contribution in [1.29, 1.82) is 0 Å². The van der Waals surface area contributed by atoms with Crippen LogP contribution < -0.4 is 15.2 Å². The summed E-state index contributed by atoms with van der Waals surface area (Å²) in [7, 11) is 1.63. The van der Waals surface area contributed by atoms with Crippen LogP contribution >= 0.6 is 0 Å². The zero-order valence-electron chi connectivity index (χ0n) is 12.9. The molecule has 0 saturated heterocycles. The molecular formula is C18H23NO2. The first kappa shape index (κ1) is 15.2. The molecule has 0 spiro atoms. The highest BCUT2D eigenvalue weighted by Gasteiger charge is 2.04. The Morgan fingerprint density at radius 1 is 1.05 bits per heavy atom. The smallest absolute Gasteiger partial charge is 0.121 e. The Morgan fingerprint density at radius 3 is 2.38 bits per heavy atom. The van der Waals surface area contributed by atoms with E-state index in [9.17, 15) is 0 Å². The summed E-state index contributed by atoms with van der Waals surface area (Å²) in [6.45, 7) is 4.90. The summed E-state index contributed by atoms with van der Waals surface area (Å²) in [5, 5.41) is 0. The highest BCUT2D eigenvalue weighted by atomic mass is 16.5. The topological polar surface area (TPSA) is 44.5 Å². The second-order valence-corrected chi connectivity index (χ2v) is 5.28. The van der Waals surface area contributed by atoms with Gasteiger partial charge in [0.1, 0.15) is 18.1 Å². The summed E-state index contributed by atoms with van der Waals surface area (Å²) in [6.07, 6.45) is 1.14. The number of nitrogen functional groups attached to an aromatic ring is 1. The third kappa shape index (κ3) is 4.15. The van der Waals surface area contributed by atoms with Gasteiger partial charge in [-0.25, -0.2) is 0 Å². The molecule has 0 heterocycles. The Kier molecular flexibility index (Phi) is 5.09. The molecule has 112 valence electrons. The lowest BCUT2D eigenvalue weighted by molar-refractivity contribution is 0.305. The first-order chi connectivity index (χ1) is 10.1. The molecule has 2 aromatic carbocycles.